The number of hydrogen-bond acceptors (Lipinski definition) is 7. The first kappa shape index (κ1) is 17.2. The third-order valence-corrected chi connectivity index (χ3v) is 6.28. The summed E-state index contributed by atoms with van der Waals surface area (Å²) < 4.78 is 28.5. The Kier molecular flexibility index (Phi) is 3.90. The molecule has 7 nitrogen and oxygen atoms in total. The highest BCUT2D eigenvalue weighted by Crippen LogP contribution is 2.55. The lowest BCUT2D eigenvalue weighted by Gasteiger charge is -2.30. The molecule has 0 unspecified atom stereocenters. The molecule has 0 amide bonds. The topological polar surface area (TPSA) is 86.9 Å². The average molecular weight is 354 g/mol. The van der Waals surface area contributed by atoms with Gasteiger partial charge in [0.15, 0.2) is 0 Å². The predicted octanol–water partition coefficient (Wildman–Crippen LogP) is 1.22. The SMILES string of the molecule is COC[C@H]1C(=O)O[C@H]2C[C@@]3(C)O[C@@H]3CC[C@@]3(C)O[C@@H]3[C@@H](OC(C)=O)[C@@H]21. The lowest BCUT2D eigenvalue weighted by atomic mass is 9.77. The van der Waals surface area contributed by atoms with Crippen LogP contribution in [0.25, 0.3) is 0 Å². The van der Waals surface area contributed by atoms with Crippen molar-refractivity contribution in [3.63, 3.8) is 0 Å². The number of methoxy groups -OCH3 is 1. The molecule has 3 aliphatic heterocycles. The smallest absolute Gasteiger partial charge is 0.312 e. The van der Waals surface area contributed by atoms with Crippen molar-refractivity contribution in [1.29, 1.82) is 0 Å². The first-order valence-corrected chi connectivity index (χ1v) is 9.00. The molecule has 0 bridgehead atoms. The minimum Gasteiger partial charge on any atom is -0.461 e. The number of esters is 2. The zero-order valence-electron chi connectivity index (χ0n) is 15.2. The largest absolute Gasteiger partial charge is 0.461 e. The number of hydrogen-bond donors (Lipinski definition) is 0. The number of carbonyl (C=O) groups excluding carboxylic acids is 2. The Bertz CT molecular complexity index is 592. The van der Waals surface area contributed by atoms with E-state index in [0.29, 0.717) is 6.42 Å². The van der Waals surface area contributed by atoms with Gasteiger partial charge in [-0.05, 0) is 26.7 Å². The monoisotopic (exact) mass is 354 g/mol. The van der Waals surface area contributed by atoms with Crippen LogP contribution >= 0.6 is 0 Å². The van der Waals surface area contributed by atoms with Crippen molar-refractivity contribution in [3.8, 4) is 0 Å². The molecular formula is C18H26O7. The van der Waals surface area contributed by atoms with Crippen LogP contribution in [0.4, 0.5) is 0 Å². The average Bonchev–Trinajstić information content (AvgIpc) is 3.34. The van der Waals surface area contributed by atoms with Crippen LogP contribution in [0.15, 0.2) is 0 Å². The highest BCUT2D eigenvalue weighted by molar-refractivity contribution is 5.76. The van der Waals surface area contributed by atoms with Gasteiger partial charge in [-0.2, -0.15) is 0 Å². The molecular weight excluding hydrogens is 328 g/mol. The van der Waals surface area contributed by atoms with Gasteiger partial charge in [-0.15, -0.1) is 0 Å². The van der Waals surface area contributed by atoms with Gasteiger partial charge in [0.1, 0.15) is 18.3 Å². The fourth-order valence-corrected chi connectivity index (χ4v) is 4.77. The molecule has 8 atom stereocenters. The minimum atomic E-state index is -0.516. The summed E-state index contributed by atoms with van der Waals surface area (Å²) in [6.45, 7) is 5.72. The highest BCUT2D eigenvalue weighted by Gasteiger charge is 2.67. The Morgan fingerprint density at radius 1 is 1.28 bits per heavy atom. The van der Waals surface area contributed by atoms with Gasteiger partial charge in [0.2, 0.25) is 0 Å². The lowest BCUT2D eigenvalue weighted by Crippen LogP contribution is -2.44. The molecule has 0 spiro atoms. The van der Waals surface area contributed by atoms with Crippen LogP contribution < -0.4 is 0 Å². The Hall–Kier alpha value is -1.18. The van der Waals surface area contributed by atoms with Crippen molar-refractivity contribution in [2.24, 2.45) is 11.8 Å². The van der Waals surface area contributed by atoms with E-state index in [-0.39, 0.29) is 54.0 Å². The van der Waals surface area contributed by atoms with Gasteiger partial charge in [0, 0.05) is 20.5 Å². The standard InChI is InChI=1S/C18H26O7/c1-9(19)22-14-13-10(8-21-4)16(20)23-11(13)7-18(3)12(24-18)5-6-17(2)15(14)25-17/h10-15H,5-8H2,1-4H3/t10-,11+,12-,13-,14+,15-,17-,18-/m1/s1. The number of ether oxygens (including phenoxy) is 5. The van der Waals surface area contributed by atoms with E-state index in [1.54, 1.807) is 7.11 Å². The predicted molar refractivity (Wildman–Crippen MR) is 84.7 cm³/mol. The van der Waals surface area contributed by atoms with Gasteiger partial charge >= 0.3 is 11.9 Å². The summed E-state index contributed by atoms with van der Waals surface area (Å²) in [6.07, 6.45) is 1.41. The zero-order chi connectivity index (χ0) is 18.0. The quantitative estimate of drug-likeness (QED) is 0.556. The number of epoxide rings is 2. The third-order valence-electron chi connectivity index (χ3n) is 6.28. The summed E-state index contributed by atoms with van der Waals surface area (Å²) >= 11 is 0. The van der Waals surface area contributed by atoms with Gasteiger partial charge in [0.05, 0.1) is 35.7 Å². The van der Waals surface area contributed by atoms with Crippen molar-refractivity contribution >= 4 is 11.9 Å². The molecule has 1 aliphatic carbocycles. The molecule has 0 aromatic rings. The van der Waals surface area contributed by atoms with Crippen molar-refractivity contribution in [2.75, 3.05) is 13.7 Å². The summed E-state index contributed by atoms with van der Waals surface area (Å²) in [6, 6.07) is 0. The van der Waals surface area contributed by atoms with Crippen LogP contribution in [0, 0.1) is 11.8 Å². The second-order valence-electron chi connectivity index (χ2n) is 8.20. The Labute approximate surface area is 147 Å². The molecule has 25 heavy (non-hydrogen) atoms. The fraction of sp³-hybridized carbons (Fsp3) is 0.889. The van der Waals surface area contributed by atoms with Gasteiger partial charge in [-0.1, -0.05) is 0 Å². The molecule has 4 rings (SSSR count). The molecule has 4 fully saturated rings. The van der Waals surface area contributed by atoms with Crippen molar-refractivity contribution < 1.29 is 33.3 Å². The van der Waals surface area contributed by atoms with Gasteiger partial charge in [-0.3, -0.25) is 9.59 Å². The molecule has 0 aromatic carbocycles. The molecule has 3 saturated heterocycles. The number of rotatable bonds is 3. The Morgan fingerprint density at radius 2 is 2.04 bits per heavy atom. The summed E-state index contributed by atoms with van der Waals surface area (Å²) in [4.78, 5) is 24.2. The molecule has 0 aromatic heterocycles. The summed E-state index contributed by atoms with van der Waals surface area (Å²) in [7, 11) is 1.56. The maximum absolute atomic E-state index is 12.5. The van der Waals surface area contributed by atoms with Crippen LogP contribution in [-0.4, -0.2) is 61.3 Å². The Balaban J connectivity index is 1.69. The van der Waals surface area contributed by atoms with E-state index in [1.807, 2.05) is 6.92 Å². The third kappa shape index (κ3) is 2.86. The van der Waals surface area contributed by atoms with E-state index in [0.717, 1.165) is 12.8 Å². The molecule has 0 N–H and O–H groups in total. The molecule has 7 heteroatoms. The van der Waals surface area contributed by atoms with E-state index in [1.165, 1.54) is 6.92 Å². The van der Waals surface area contributed by atoms with E-state index < -0.39 is 12.0 Å². The Morgan fingerprint density at radius 3 is 2.72 bits per heavy atom. The van der Waals surface area contributed by atoms with E-state index in [2.05, 4.69) is 6.92 Å². The minimum absolute atomic E-state index is 0.167. The molecule has 0 radical (unpaired) electrons. The molecule has 4 aliphatic rings. The van der Waals surface area contributed by atoms with Gasteiger partial charge in [0.25, 0.3) is 0 Å². The van der Waals surface area contributed by atoms with Crippen LogP contribution in [0.5, 0.6) is 0 Å². The molecule has 1 saturated carbocycles. The second-order valence-corrected chi connectivity index (χ2v) is 8.20. The number of carbonyl (C=O) groups is 2. The van der Waals surface area contributed by atoms with Crippen LogP contribution in [0.3, 0.4) is 0 Å². The van der Waals surface area contributed by atoms with Gasteiger partial charge in [-0.25, -0.2) is 0 Å². The normalized spacial score (nSPS) is 50.8. The summed E-state index contributed by atoms with van der Waals surface area (Å²) in [5, 5.41) is 0. The van der Waals surface area contributed by atoms with Gasteiger partial charge < -0.3 is 23.7 Å². The summed E-state index contributed by atoms with van der Waals surface area (Å²) in [5.41, 5.74) is -0.637. The molecule has 3 heterocycles. The zero-order valence-corrected chi connectivity index (χ0v) is 15.2. The van der Waals surface area contributed by atoms with Crippen molar-refractivity contribution in [3.05, 3.63) is 0 Å². The maximum Gasteiger partial charge on any atom is 0.312 e. The van der Waals surface area contributed by atoms with Crippen LogP contribution in [0.1, 0.15) is 40.0 Å². The van der Waals surface area contributed by atoms with E-state index >= 15 is 0 Å². The van der Waals surface area contributed by atoms with Crippen LogP contribution in [0.2, 0.25) is 0 Å². The lowest BCUT2D eigenvalue weighted by molar-refractivity contribution is -0.153. The highest BCUT2D eigenvalue weighted by atomic mass is 16.7. The summed E-state index contributed by atoms with van der Waals surface area (Å²) in [5.74, 6) is -1.42. The number of fused-ring (bicyclic) bond motifs is 3. The van der Waals surface area contributed by atoms with Crippen molar-refractivity contribution in [2.45, 2.75) is 75.7 Å². The van der Waals surface area contributed by atoms with E-state index in [4.69, 9.17) is 23.7 Å². The van der Waals surface area contributed by atoms with Crippen LogP contribution in [-0.2, 0) is 33.3 Å². The van der Waals surface area contributed by atoms with Crippen molar-refractivity contribution in [1.82, 2.24) is 0 Å². The fourth-order valence-electron chi connectivity index (χ4n) is 4.77. The first-order valence-electron chi connectivity index (χ1n) is 9.00. The maximum atomic E-state index is 12.5. The second kappa shape index (κ2) is 5.66. The molecule has 140 valence electrons. The van der Waals surface area contributed by atoms with E-state index in [9.17, 15) is 9.59 Å². The first-order chi connectivity index (χ1) is 11.8.